The van der Waals surface area contributed by atoms with Crippen LogP contribution in [0.1, 0.15) is 6.92 Å². The smallest absolute Gasteiger partial charge is 0.324 e. The van der Waals surface area contributed by atoms with Gasteiger partial charge in [0.15, 0.2) is 5.54 Å². The lowest BCUT2D eigenvalue weighted by Gasteiger charge is -2.26. The third-order valence-corrected chi connectivity index (χ3v) is 2.85. The molecule has 0 aromatic heterocycles. The second-order valence-corrected chi connectivity index (χ2v) is 4.64. The topological polar surface area (TPSA) is 55.1 Å². The lowest BCUT2D eigenvalue weighted by atomic mass is 10.0. The van der Waals surface area contributed by atoms with Crippen LogP contribution >= 0.6 is 15.9 Å². The summed E-state index contributed by atoms with van der Waals surface area (Å²) >= 11 is 2.85. The normalized spacial score (nSPS) is 15.1. The number of nitrogens with one attached hydrogen (secondary N) is 1. The van der Waals surface area contributed by atoms with Crippen molar-refractivity contribution >= 4 is 27.5 Å². The van der Waals surface area contributed by atoms with Gasteiger partial charge in [0.25, 0.3) is 5.91 Å². The molecule has 100 valence electrons. The number of benzene rings is 1. The number of carbonyl (C=O) groups is 1. The maximum absolute atomic E-state index is 12.9. The van der Waals surface area contributed by atoms with Gasteiger partial charge in [-0.2, -0.15) is 13.2 Å². The van der Waals surface area contributed by atoms with Gasteiger partial charge in [-0.3, -0.25) is 4.79 Å². The molecule has 0 aliphatic heterocycles. The van der Waals surface area contributed by atoms with Crippen molar-refractivity contribution in [3.8, 4) is 0 Å². The van der Waals surface area contributed by atoms with Crippen molar-refractivity contribution < 1.29 is 22.4 Å². The summed E-state index contributed by atoms with van der Waals surface area (Å²) < 4.78 is 50.3. The number of hydrogen-bond acceptors (Lipinski definition) is 2. The second kappa shape index (κ2) is 4.85. The molecule has 1 aromatic rings. The highest BCUT2D eigenvalue weighted by Crippen LogP contribution is 2.29. The maximum Gasteiger partial charge on any atom is 0.415 e. The summed E-state index contributed by atoms with van der Waals surface area (Å²) in [7, 11) is 0. The van der Waals surface area contributed by atoms with Crippen LogP contribution in [0.15, 0.2) is 22.7 Å². The maximum atomic E-state index is 12.9. The SMILES string of the molecule is CC(N)(C(=O)Nc1ccc(F)c(Br)c1)C(F)(F)F. The van der Waals surface area contributed by atoms with E-state index in [9.17, 15) is 22.4 Å². The fourth-order valence-corrected chi connectivity index (χ4v) is 1.34. The lowest BCUT2D eigenvalue weighted by molar-refractivity contribution is -0.184. The van der Waals surface area contributed by atoms with Crippen LogP contribution in [0.4, 0.5) is 23.2 Å². The standard InChI is InChI=1S/C10H9BrF4N2O/c1-9(16,10(13,14)15)8(18)17-5-2-3-7(12)6(11)4-5/h2-4H,16H2,1H3,(H,17,18). The molecule has 0 bridgehead atoms. The molecule has 1 rings (SSSR count). The van der Waals surface area contributed by atoms with Crippen molar-refractivity contribution in [1.82, 2.24) is 0 Å². The van der Waals surface area contributed by atoms with Crippen LogP contribution in [0.25, 0.3) is 0 Å². The van der Waals surface area contributed by atoms with Crippen molar-refractivity contribution in [3.63, 3.8) is 0 Å². The van der Waals surface area contributed by atoms with Crippen LogP contribution in [0.3, 0.4) is 0 Å². The number of nitrogens with two attached hydrogens (primary N) is 1. The van der Waals surface area contributed by atoms with Crippen LogP contribution in [-0.2, 0) is 4.79 Å². The predicted octanol–water partition coefficient (Wildman–Crippen LogP) is 2.81. The van der Waals surface area contributed by atoms with Gasteiger partial charge in [-0.25, -0.2) is 4.39 Å². The van der Waals surface area contributed by atoms with Gasteiger partial charge in [0, 0.05) is 5.69 Å². The van der Waals surface area contributed by atoms with Crippen LogP contribution in [-0.4, -0.2) is 17.6 Å². The largest absolute Gasteiger partial charge is 0.415 e. The summed E-state index contributed by atoms with van der Waals surface area (Å²) in [6.07, 6.45) is -4.88. The molecule has 1 unspecified atom stereocenters. The molecule has 0 spiro atoms. The Bertz CT molecular complexity index is 473. The molecule has 0 heterocycles. The van der Waals surface area contributed by atoms with Gasteiger partial charge in [0.05, 0.1) is 4.47 Å². The fraction of sp³-hybridized carbons (Fsp3) is 0.300. The number of hydrogen-bond donors (Lipinski definition) is 2. The van der Waals surface area contributed by atoms with E-state index in [1.807, 2.05) is 5.32 Å². The fourth-order valence-electron chi connectivity index (χ4n) is 0.964. The van der Waals surface area contributed by atoms with E-state index in [1.165, 1.54) is 0 Å². The van der Waals surface area contributed by atoms with E-state index in [1.54, 1.807) is 0 Å². The molecule has 0 saturated heterocycles. The van der Waals surface area contributed by atoms with E-state index in [-0.39, 0.29) is 10.2 Å². The molecule has 8 heteroatoms. The van der Waals surface area contributed by atoms with E-state index < -0.39 is 23.4 Å². The monoisotopic (exact) mass is 328 g/mol. The summed E-state index contributed by atoms with van der Waals surface area (Å²) in [6.45, 7) is 0.556. The number of amides is 1. The molecule has 0 aliphatic rings. The third-order valence-electron chi connectivity index (χ3n) is 2.24. The highest BCUT2D eigenvalue weighted by atomic mass is 79.9. The Labute approximate surface area is 108 Å². The van der Waals surface area contributed by atoms with Gasteiger partial charge in [-0.15, -0.1) is 0 Å². The minimum absolute atomic E-state index is 0.00852. The van der Waals surface area contributed by atoms with E-state index in [0.29, 0.717) is 6.92 Å². The molecule has 1 atom stereocenters. The lowest BCUT2D eigenvalue weighted by Crippen LogP contribution is -2.59. The van der Waals surface area contributed by atoms with Gasteiger partial charge in [-0.05, 0) is 41.1 Å². The quantitative estimate of drug-likeness (QED) is 0.820. The Hall–Kier alpha value is -1.15. The summed E-state index contributed by atoms with van der Waals surface area (Å²) in [5.41, 5.74) is 1.92. The molecule has 0 saturated carbocycles. The summed E-state index contributed by atoms with van der Waals surface area (Å²) in [5.74, 6) is -2.02. The molecule has 3 nitrogen and oxygen atoms in total. The molecule has 1 amide bonds. The number of halogens is 5. The van der Waals surface area contributed by atoms with Crippen molar-refractivity contribution in [2.75, 3.05) is 5.32 Å². The van der Waals surface area contributed by atoms with Gasteiger partial charge in [0.2, 0.25) is 0 Å². The average Bonchev–Trinajstić information content (AvgIpc) is 2.21. The molecule has 1 aromatic carbocycles. The third kappa shape index (κ3) is 2.99. The average molecular weight is 329 g/mol. The zero-order valence-electron chi connectivity index (χ0n) is 9.11. The summed E-state index contributed by atoms with van der Waals surface area (Å²) in [6, 6.07) is 3.27. The Balaban J connectivity index is 2.91. The van der Waals surface area contributed by atoms with Crippen molar-refractivity contribution in [1.29, 1.82) is 0 Å². The van der Waals surface area contributed by atoms with Gasteiger partial charge < -0.3 is 11.1 Å². The number of carbonyl (C=O) groups excluding carboxylic acids is 1. The van der Waals surface area contributed by atoms with E-state index in [0.717, 1.165) is 18.2 Å². The number of rotatable bonds is 2. The first-order valence-corrected chi connectivity index (χ1v) is 5.47. The first kappa shape index (κ1) is 14.9. The van der Waals surface area contributed by atoms with Crippen molar-refractivity contribution in [2.45, 2.75) is 18.6 Å². The summed E-state index contributed by atoms with van der Waals surface area (Å²) in [5, 5.41) is 1.98. The van der Waals surface area contributed by atoms with Crippen LogP contribution in [0, 0.1) is 5.82 Å². The van der Waals surface area contributed by atoms with E-state index in [4.69, 9.17) is 5.73 Å². The number of alkyl halides is 3. The molecular formula is C10H9BrF4N2O. The van der Waals surface area contributed by atoms with Gasteiger partial charge in [0.1, 0.15) is 5.82 Å². The molecular weight excluding hydrogens is 320 g/mol. The first-order valence-electron chi connectivity index (χ1n) is 4.68. The predicted molar refractivity (Wildman–Crippen MR) is 61.4 cm³/mol. The Morgan fingerprint density at radius 1 is 1.39 bits per heavy atom. The Morgan fingerprint density at radius 2 is 1.94 bits per heavy atom. The molecule has 0 aliphatic carbocycles. The Kier molecular flexibility index (Phi) is 4.02. The highest BCUT2D eigenvalue weighted by molar-refractivity contribution is 9.10. The molecule has 0 radical (unpaired) electrons. The Morgan fingerprint density at radius 3 is 2.39 bits per heavy atom. The van der Waals surface area contributed by atoms with Gasteiger partial charge >= 0.3 is 6.18 Å². The molecule has 0 fully saturated rings. The second-order valence-electron chi connectivity index (χ2n) is 3.78. The van der Waals surface area contributed by atoms with Gasteiger partial charge in [-0.1, -0.05) is 0 Å². The molecule has 18 heavy (non-hydrogen) atoms. The van der Waals surface area contributed by atoms with Crippen LogP contribution in [0.2, 0.25) is 0 Å². The first-order chi connectivity index (χ1) is 8.05. The minimum Gasteiger partial charge on any atom is -0.324 e. The zero-order chi connectivity index (χ0) is 14.1. The zero-order valence-corrected chi connectivity index (χ0v) is 10.7. The minimum atomic E-state index is -4.88. The number of anilines is 1. The summed E-state index contributed by atoms with van der Waals surface area (Å²) in [4.78, 5) is 11.4. The van der Waals surface area contributed by atoms with Crippen molar-refractivity contribution in [2.24, 2.45) is 5.73 Å². The van der Waals surface area contributed by atoms with Crippen molar-refractivity contribution in [3.05, 3.63) is 28.5 Å². The van der Waals surface area contributed by atoms with E-state index >= 15 is 0 Å². The van der Waals surface area contributed by atoms with E-state index in [2.05, 4.69) is 15.9 Å². The molecule has 3 N–H and O–H groups in total. The van der Waals surface area contributed by atoms with Crippen LogP contribution < -0.4 is 11.1 Å². The highest BCUT2D eigenvalue weighted by Gasteiger charge is 2.53. The van der Waals surface area contributed by atoms with Crippen LogP contribution in [0.5, 0.6) is 0 Å².